The highest BCUT2D eigenvalue weighted by Gasteiger charge is 2.18. The molecule has 0 aliphatic carbocycles. The molecule has 0 saturated heterocycles. The minimum absolute atomic E-state index is 0.697. The fraction of sp³-hybridized carbons (Fsp3) is 0.0196. The van der Waals surface area contributed by atoms with E-state index in [-0.39, 0.29) is 0 Å². The van der Waals surface area contributed by atoms with Crippen LogP contribution in [0.3, 0.4) is 0 Å². The molecular weight excluding hydrogens is 669 g/mol. The second-order valence-corrected chi connectivity index (χ2v) is 13.6. The summed E-state index contributed by atoms with van der Waals surface area (Å²) in [7, 11) is 0. The molecule has 0 spiro atoms. The average molecular weight is 707 g/mol. The summed E-state index contributed by atoms with van der Waals surface area (Å²) in [5.74, 6) is 1.51. The van der Waals surface area contributed by atoms with Crippen LogP contribution in [0.25, 0.3) is 61.8 Å². The lowest BCUT2D eigenvalue weighted by Gasteiger charge is -2.25. The molecule has 4 heteroatoms. The molecule has 0 fully saturated rings. The minimum Gasteiger partial charge on any atom is -0.311 e. The van der Waals surface area contributed by atoms with Crippen LogP contribution in [0.1, 0.15) is 5.56 Å². The first kappa shape index (κ1) is 33.5. The summed E-state index contributed by atoms with van der Waals surface area (Å²) < 4.78 is 1.96. The summed E-state index contributed by atoms with van der Waals surface area (Å²) in [6.07, 6.45) is 0. The van der Waals surface area contributed by atoms with Crippen molar-refractivity contribution in [1.82, 2.24) is 14.8 Å². The highest BCUT2D eigenvalue weighted by molar-refractivity contribution is 5.92. The molecule has 0 bridgehead atoms. The molecule has 8 aromatic carbocycles. The zero-order valence-electron chi connectivity index (χ0n) is 30.5. The SMILES string of the molecule is Cc1ccc(-c2nc(-c3ccccc3)nn2-c2ccc(-c3ccccc3-c3ccccc3-c3ccc(N(c4ccccc4)c4ccccc4)cc3)cc2)cc1. The third-order valence-corrected chi connectivity index (χ3v) is 9.98. The molecule has 0 unspecified atom stereocenters. The van der Waals surface area contributed by atoms with Gasteiger partial charge in [0.1, 0.15) is 0 Å². The Morgan fingerprint density at radius 1 is 0.364 bits per heavy atom. The number of benzene rings is 8. The van der Waals surface area contributed by atoms with Gasteiger partial charge in [-0.05, 0) is 88.8 Å². The maximum atomic E-state index is 5.02. The zero-order chi connectivity index (χ0) is 37.0. The van der Waals surface area contributed by atoms with E-state index in [9.17, 15) is 0 Å². The lowest BCUT2D eigenvalue weighted by atomic mass is 9.89. The van der Waals surface area contributed by atoms with Crippen molar-refractivity contribution in [2.75, 3.05) is 4.90 Å². The van der Waals surface area contributed by atoms with Crippen molar-refractivity contribution in [3.63, 3.8) is 0 Å². The number of anilines is 3. The molecule has 0 saturated carbocycles. The van der Waals surface area contributed by atoms with Gasteiger partial charge < -0.3 is 4.90 Å². The molecule has 0 aliphatic rings. The molecule has 9 aromatic rings. The fourth-order valence-corrected chi connectivity index (χ4v) is 7.20. The van der Waals surface area contributed by atoms with Gasteiger partial charge in [-0.25, -0.2) is 9.67 Å². The lowest BCUT2D eigenvalue weighted by Crippen LogP contribution is -2.09. The van der Waals surface area contributed by atoms with Crippen LogP contribution in [-0.2, 0) is 0 Å². The van der Waals surface area contributed by atoms with Gasteiger partial charge in [-0.3, -0.25) is 0 Å². The van der Waals surface area contributed by atoms with Crippen LogP contribution < -0.4 is 4.90 Å². The highest BCUT2D eigenvalue weighted by Crippen LogP contribution is 2.40. The van der Waals surface area contributed by atoms with Crippen LogP contribution in [-0.4, -0.2) is 14.8 Å². The van der Waals surface area contributed by atoms with Gasteiger partial charge >= 0.3 is 0 Å². The molecule has 9 rings (SSSR count). The summed E-state index contributed by atoms with van der Waals surface area (Å²) in [6.45, 7) is 2.10. The first-order chi connectivity index (χ1) is 27.2. The molecule has 0 radical (unpaired) electrons. The predicted octanol–water partition coefficient (Wildman–Crippen LogP) is 13.4. The van der Waals surface area contributed by atoms with E-state index < -0.39 is 0 Å². The Hall–Kier alpha value is -7.30. The molecule has 0 amide bonds. The van der Waals surface area contributed by atoms with Crippen molar-refractivity contribution >= 4 is 17.1 Å². The Morgan fingerprint density at radius 2 is 0.782 bits per heavy atom. The number of para-hydroxylation sites is 2. The van der Waals surface area contributed by atoms with Crippen LogP contribution in [0.2, 0.25) is 0 Å². The third kappa shape index (κ3) is 6.85. The second-order valence-electron chi connectivity index (χ2n) is 13.6. The summed E-state index contributed by atoms with van der Waals surface area (Å²) in [5.41, 5.74) is 14.5. The van der Waals surface area contributed by atoms with Crippen molar-refractivity contribution < 1.29 is 0 Å². The van der Waals surface area contributed by atoms with Crippen molar-refractivity contribution in [3.05, 3.63) is 218 Å². The van der Waals surface area contributed by atoms with Crippen molar-refractivity contribution in [1.29, 1.82) is 0 Å². The quantitative estimate of drug-likeness (QED) is 0.150. The number of nitrogens with zero attached hydrogens (tertiary/aromatic N) is 4. The van der Waals surface area contributed by atoms with Gasteiger partial charge in [0.05, 0.1) is 5.69 Å². The molecule has 0 atom stereocenters. The fourth-order valence-electron chi connectivity index (χ4n) is 7.20. The summed E-state index contributed by atoms with van der Waals surface area (Å²) in [5, 5.41) is 5.02. The van der Waals surface area contributed by atoms with Crippen LogP contribution >= 0.6 is 0 Å². The van der Waals surface area contributed by atoms with Gasteiger partial charge in [-0.2, -0.15) is 0 Å². The predicted molar refractivity (Wildman–Crippen MR) is 228 cm³/mol. The second kappa shape index (κ2) is 15.0. The highest BCUT2D eigenvalue weighted by atomic mass is 15.4. The van der Waals surface area contributed by atoms with E-state index in [2.05, 4.69) is 206 Å². The van der Waals surface area contributed by atoms with Gasteiger partial charge in [0.2, 0.25) is 0 Å². The van der Waals surface area contributed by atoms with Gasteiger partial charge in [-0.1, -0.05) is 169 Å². The van der Waals surface area contributed by atoms with E-state index >= 15 is 0 Å². The van der Waals surface area contributed by atoms with E-state index in [4.69, 9.17) is 10.1 Å². The van der Waals surface area contributed by atoms with Crippen molar-refractivity contribution in [2.24, 2.45) is 0 Å². The van der Waals surface area contributed by atoms with Gasteiger partial charge in [0.25, 0.3) is 0 Å². The third-order valence-electron chi connectivity index (χ3n) is 9.98. The van der Waals surface area contributed by atoms with E-state index in [0.717, 1.165) is 50.8 Å². The first-order valence-corrected chi connectivity index (χ1v) is 18.6. The number of hydrogen-bond acceptors (Lipinski definition) is 3. The normalized spacial score (nSPS) is 11.0. The zero-order valence-corrected chi connectivity index (χ0v) is 30.5. The first-order valence-electron chi connectivity index (χ1n) is 18.6. The molecule has 0 N–H and O–H groups in total. The van der Waals surface area contributed by atoms with Crippen molar-refractivity contribution in [3.8, 4) is 61.8 Å². The Bertz CT molecular complexity index is 2630. The Labute approximate surface area is 322 Å². The number of aryl methyl sites for hydroxylation is 1. The van der Waals surface area contributed by atoms with E-state index in [1.165, 1.54) is 27.8 Å². The molecule has 1 heterocycles. The number of hydrogen-bond donors (Lipinski definition) is 0. The minimum atomic E-state index is 0.697. The van der Waals surface area contributed by atoms with Crippen LogP contribution in [0.15, 0.2) is 212 Å². The average Bonchev–Trinajstić information content (AvgIpc) is 3.71. The Kier molecular flexibility index (Phi) is 9.13. The molecule has 55 heavy (non-hydrogen) atoms. The standard InChI is InChI=1S/C51H38N4/c1-37-25-27-41(28-26-37)51-52-50(40-15-5-2-6-16-40)53-55(51)45-35-31-39(32-36-45)47-22-12-14-24-49(47)48-23-13-11-21-46(48)38-29-33-44(34-30-38)54(42-17-7-3-8-18-42)43-19-9-4-10-20-43/h2-36H,1H3. The Balaban J connectivity index is 1.06. The van der Waals surface area contributed by atoms with Gasteiger partial charge in [0, 0.05) is 28.2 Å². The van der Waals surface area contributed by atoms with Crippen molar-refractivity contribution in [2.45, 2.75) is 6.92 Å². The van der Waals surface area contributed by atoms with Crippen LogP contribution in [0.5, 0.6) is 0 Å². The smallest absolute Gasteiger partial charge is 0.182 e. The Morgan fingerprint density at radius 3 is 1.31 bits per heavy atom. The molecule has 1 aromatic heterocycles. The lowest BCUT2D eigenvalue weighted by molar-refractivity contribution is 0.890. The van der Waals surface area contributed by atoms with E-state index in [1.54, 1.807) is 0 Å². The van der Waals surface area contributed by atoms with Crippen LogP contribution in [0.4, 0.5) is 17.1 Å². The summed E-state index contributed by atoms with van der Waals surface area (Å²) in [4.78, 5) is 7.32. The number of rotatable bonds is 9. The topological polar surface area (TPSA) is 34.0 Å². The maximum absolute atomic E-state index is 5.02. The van der Waals surface area contributed by atoms with Crippen LogP contribution in [0, 0.1) is 6.92 Å². The molecule has 4 nitrogen and oxygen atoms in total. The van der Waals surface area contributed by atoms with Gasteiger partial charge in [-0.15, -0.1) is 5.10 Å². The van der Waals surface area contributed by atoms with E-state index in [1.807, 2.05) is 22.9 Å². The molecular formula is C51H38N4. The maximum Gasteiger partial charge on any atom is 0.182 e. The monoisotopic (exact) mass is 706 g/mol. The molecule has 0 aliphatic heterocycles. The summed E-state index contributed by atoms with van der Waals surface area (Å²) >= 11 is 0. The largest absolute Gasteiger partial charge is 0.311 e. The van der Waals surface area contributed by atoms with Gasteiger partial charge in [0.15, 0.2) is 11.6 Å². The van der Waals surface area contributed by atoms with E-state index in [0.29, 0.717) is 5.82 Å². The molecule has 262 valence electrons. The number of aromatic nitrogens is 3. The summed E-state index contributed by atoms with van der Waals surface area (Å²) in [6, 6.07) is 74.6.